The van der Waals surface area contributed by atoms with Gasteiger partial charge in [0.2, 0.25) is 0 Å². The molecule has 3 heteroatoms. The van der Waals surface area contributed by atoms with Gasteiger partial charge in [0.25, 0.3) is 0 Å². The fraction of sp³-hybridized carbons (Fsp3) is 0.231. The molecule has 0 aromatic carbocycles. The first-order valence-corrected chi connectivity index (χ1v) is 6.31. The van der Waals surface area contributed by atoms with E-state index in [-0.39, 0.29) is 0 Å². The number of thiophene rings is 1. The second-order valence-corrected chi connectivity index (χ2v) is 4.28. The second kappa shape index (κ2) is 6.30. The van der Waals surface area contributed by atoms with Crippen molar-refractivity contribution in [3.8, 4) is 0 Å². The minimum atomic E-state index is 0.880. The van der Waals surface area contributed by atoms with Gasteiger partial charge in [-0.1, -0.05) is 6.08 Å². The standard InChI is InChI=1S/C13H15NOS/c1(3-13-4-2-9-15-13)7-14-8-5-12-6-10-16-11-12/h1-4,6,9-11,14H,5,7-8H2/b3-1+. The lowest BCUT2D eigenvalue weighted by molar-refractivity contribution is 0.556. The maximum Gasteiger partial charge on any atom is 0.126 e. The number of hydrogen-bond acceptors (Lipinski definition) is 3. The van der Waals surface area contributed by atoms with Gasteiger partial charge in [0.1, 0.15) is 5.76 Å². The lowest BCUT2D eigenvalue weighted by Gasteiger charge is -1.98. The summed E-state index contributed by atoms with van der Waals surface area (Å²) in [6.07, 6.45) is 6.84. The van der Waals surface area contributed by atoms with E-state index in [0.717, 1.165) is 25.3 Å². The van der Waals surface area contributed by atoms with Crippen LogP contribution in [-0.2, 0) is 6.42 Å². The molecule has 0 saturated carbocycles. The lowest BCUT2D eigenvalue weighted by atomic mass is 10.2. The van der Waals surface area contributed by atoms with Gasteiger partial charge in [-0.2, -0.15) is 11.3 Å². The van der Waals surface area contributed by atoms with Crippen LogP contribution in [0.3, 0.4) is 0 Å². The van der Waals surface area contributed by atoms with E-state index in [1.54, 1.807) is 17.6 Å². The van der Waals surface area contributed by atoms with Gasteiger partial charge in [0.15, 0.2) is 0 Å². The van der Waals surface area contributed by atoms with Crippen LogP contribution in [0.4, 0.5) is 0 Å². The summed E-state index contributed by atoms with van der Waals surface area (Å²) in [6.45, 7) is 1.89. The van der Waals surface area contributed by atoms with Crippen LogP contribution in [0.1, 0.15) is 11.3 Å². The Morgan fingerprint density at radius 2 is 2.38 bits per heavy atom. The van der Waals surface area contributed by atoms with Gasteiger partial charge >= 0.3 is 0 Å². The Hall–Kier alpha value is -1.32. The first-order chi connectivity index (χ1) is 7.95. The minimum Gasteiger partial charge on any atom is -0.465 e. The molecule has 2 aromatic rings. The molecule has 2 heterocycles. The summed E-state index contributed by atoms with van der Waals surface area (Å²) >= 11 is 1.75. The Morgan fingerprint density at radius 3 is 3.12 bits per heavy atom. The van der Waals surface area contributed by atoms with Crippen molar-refractivity contribution in [1.29, 1.82) is 0 Å². The SMILES string of the molecule is C(=C\c1ccco1)/CNCCc1ccsc1. The monoisotopic (exact) mass is 233 g/mol. The van der Waals surface area contributed by atoms with Crippen molar-refractivity contribution in [1.82, 2.24) is 5.32 Å². The van der Waals surface area contributed by atoms with Crippen LogP contribution in [0, 0.1) is 0 Å². The summed E-state index contributed by atoms with van der Waals surface area (Å²) < 4.78 is 5.19. The molecule has 0 atom stereocenters. The second-order valence-electron chi connectivity index (χ2n) is 3.50. The third kappa shape index (κ3) is 3.68. The molecule has 0 aliphatic carbocycles. The van der Waals surface area contributed by atoms with Crippen LogP contribution in [0.25, 0.3) is 6.08 Å². The summed E-state index contributed by atoms with van der Waals surface area (Å²) in [5, 5.41) is 7.67. The fourth-order valence-corrected chi connectivity index (χ4v) is 2.12. The molecule has 84 valence electrons. The summed E-state index contributed by atoms with van der Waals surface area (Å²) in [5.74, 6) is 0.902. The Kier molecular flexibility index (Phi) is 4.40. The normalized spacial score (nSPS) is 11.2. The molecule has 2 rings (SSSR count). The quantitative estimate of drug-likeness (QED) is 0.775. The van der Waals surface area contributed by atoms with Gasteiger partial charge in [-0.3, -0.25) is 0 Å². The predicted molar refractivity (Wildman–Crippen MR) is 68.6 cm³/mol. The highest BCUT2D eigenvalue weighted by molar-refractivity contribution is 7.07. The van der Waals surface area contributed by atoms with Gasteiger partial charge in [0.05, 0.1) is 6.26 Å². The highest BCUT2D eigenvalue weighted by Crippen LogP contribution is 2.05. The smallest absolute Gasteiger partial charge is 0.126 e. The Balaban J connectivity index is 1.59. The molecular weight excluding hydrogens is 218 g/mol. The predicted octanol–water partition coefficient (Wildman–Crippen LogP) is 3.19. The van der Waals surface area contributed by atoms with Crippen LogP contribution < -0.4 is 5.32 Å². The molecule has 0 unspecified atom stereocenters. The average Bonchev–Trinajstić information content (AvgIpc) is 2.96. The van der Waals surface area contributed by atoms with E-state index in [1.807, 2.05) is 18.2 Å². The summed E-state index contributed by atoms with van der Waals surface area (Å²) in [7, 11) is 0. The molecule has 0 saturated heterocycles. The molecule has 0 bridgehead atoms. The summed E-state index contributed by atoms with van der Waals surface area (Å²) in [6, 6.07) is 6.01. The molecule has 1 N–H and O–H groups in total. The average molecular weight is 233 g/mol. The maximum atomic E-state index is 5.19. The van der Waals surface area contributed by atoms with Crippen molar-refractivity contribution < 1.29 is 4.42 Å². The molecule has 0 aliphatic heterocycles. The van der Waals surface area contributed by atoms with Crippen LogP contribution in [0.15, 0.2) is 45.7 Å². The van der Waals surface area contributed by atoms with Gasteiger partial charge < -0.3 is 9.73 Å². The fourth-order valence-electron chi connectivity index (χ4n) is 1.41. The summed E-state index contributed by atoms with van der Waals surface area (Å²) in [4.78, 5) is 0. The molecule has 0 aliphatic rings. The highest BCUT2D eigenvalue weighted by atomic mass is 32.1. The Bertz CT molecular complexity index is 403. The van der Waals surface area contributed by atoms with Crippen molar-refractivity contribution in [2.24, 2.45) is 0 Å². The van der Waals surface area contributed by atoms with Crippen LogP contribution >= 0.6 is 11.3 Å². The molecule has 0 spiro atoms. The first kappa shape index (κ1) is 11.2. The van der Waals surface area contributed by atoms with Crippen LogP contribution in [-0.4, -0.2) is 13.1 Å². The van der Waals surface area contributed by atoms with E-state index < -0.39 is 0 Å². The number of nitrogens with one attached hydrogen (secondary N) is 1. The van der Waals surface area contributed by atoms with Crippen molar-refractivity contribution >= 4 is 17.4 Å². The van der Waals surface area contributed by atoms with E-state index in [2.05, 4.69) is 28.2 Å². The molecule has 2 aromatic heterocycles. The number of hydrogen-bond donors (Lipinski definition) is 1. The summed E-state index contributed by atoms with van der Waals surface area (Å²) in [5.41, 5.74) is 1.41. The number of rotatable bonds is 6. The zero-order chi connectivity index (χ0) is 11.1. The number of furan rings is 1. The Labute approximate surface area is 99.6 Å². The van der Waals surface area contributed by atoms with E-state index in [9.17, 15) is 0 Å². The highest BCUT2D eigenvalue weighted by Gasteiger charge is 1.91. The van der Waals surface area contributed by atoms with E-state index >= 15 is 0 Å². The molecular formula is C13H15NOS. The molecule has 2 nitrogen and oxygen atoms in total. The van der Waals surface area contributed by atoms with Crippen LogP contribution in [0.5, 0.6) is 0 Å². The Morgan fingerprint density at radius 1 is 1.38 bits per heavy atom. The van der Waals surface area contributed by atoms with E-state index in [1.165, 1.54) is 5.56 Å². The van der Waals surface area contributed by atoms with E-state index in [0.29, 0.717) is 0 Å². The van der Waals surface area contributed by atoms with Crippen molar-refractivity contribution in [2.75, 3.05) is 13.1 Å². The third-order valence-corrected chi connectivity index (χ3v) is 2.99. The van der Waals surface area contributed by atoms with E-state index in [4.69, 9.17) is 4.42 Å². The lowest BCUT2D eigenvalue weighted by Crippen LogP contribution is -2.16. The molecule has 0 amide bonds. The van der Waals surface area contributed by atoms with Gasteiger partial charge in [-0.15, -0.1) is 0 Å². The van der Waals surface area contributed by atoms with Gasteiger partial charge in [0, 0.05) is 6.54 Å². The first-order valence-electron chi connectivity index (χ1n) is 5.37. The van der Waals surface area contributed by atoms with Crippen molar-refractivity contribution in [3.05, 3.63) is 52.6 Å². The molecule has 0 fully saturated rings. The molecule has 16 heavy (non-hydrogen) atoms. The van der Waals surface area contributed by atoms with Gasteiger partial charge in [-0.25, -0.2) is 0 Å². The molecule has 0 radical (unpaired) electrons. The van der Waals surface area contributed by atoms with Crippen molar-refractivity contribution in [2.45, 2.75) is 6.42 Å². The zero-order valence-electron chi connectivity index (χ0n) is 9.06. The van der Waals surface area contributed by atoms with Crippen LogP contribution in [0.2, 0.25) is 0 Å². The third-order valence-electron chi connectivity index (χ3n) is 2.26. The topological polar surface area (TPSA) is 25.2 Å². The van der Waals surface area contributed by atoms with Gasteiger partial charge in [-0.05, 0) is 53.6 Å². The van der Waals surface area contributed by atoms with Crippen molar-refractivity contribution in [3.63, 3.8) is 0 Å². The largest absolute Gasteiger partial charge is 0.465 e. The minimum absolute atomic E-state index is 0.880. The maximum absolute atomic E-state index is 5.19. The zero-order valence-corrected chi connectivity index (χ0v) is 9.87.